The first-order valence-corrected chi connectivity index (χ1v) is 8.96. The van der Waals surface area contributed by atoms with Gasteiger partial charge in [-0.2, -0.15) is 26.3 Å². The van der Waals surface area contributed by atoms with Crippen LogP contribution in [0.25, 0.3) is 0 Å². The molecule has 11 heteroatoms. The van der Waals surface area contributed by atoms with Gasteiger partial charge >= 0.3 is 24.2 Å². The summed E-state index contributed by atoms with van der Waals surface area (Å²) in [5.41, 5.74) is 0. The smallest absolute Gasteiger partial charge is 0.348 e. The lowest BCUT2D eigenvalue weighted by Crippen LogP contribution is -2.37. The molecule has 0 aromatic heterocycles. The number of hydrogen-bond acceptors (Lipinski definition) is 3. The highest BCUT2D eigenvalue weighted by atomic mass is 19.4. The minimum Gasteiger partial charge on any atom is -0.348 e. The molecule has 0 radical (unpaired) electrons. The van der Waals surface area contributed by atoms with Gasteiger partial charge in [0.2, 0.25) is 0 Å². The number of carbonyl (C=O) groups is 2. The molecule has 0 fully saturated rings. The summed E-state index contributed by atoms with van der Waals surface area (Å²) < 4.78 is 71.5. The molecule has 0 heterocycles. The van der Waals surface area contributed by atoms with Gasteiger partial charge in [-0.25, -0.2) is 0 Å². The van der Waals surface area contributed by atoms with Crippen molar-refractivity contribution in [2.45, 2.75) is 63.7 Å². The molecule has 160 valence electrons. The number of halogens is 6. The van der Waals surface area contributed by atoms with E-state index in [0.29, 0.717) is 12.8 Å². The monoisotopic (exact) mass is 407 g/mol. The van der Waals surface area contributed by atoms with E-state index >= 15 is 0 Å². The summed E-state index contributed by atoms with van der Waals surface area (Å²) in [5.74, 6) is -3.82. The van der Waals surface area contributed by atoms with Crippen LogP contribution in [0.4, 0.5) is 26.3 Å². The van der Waals surface area contributed by atoms with Crippen LogP contribution < -0.4 is 16.0 Å². The van der Waals surface area contributed by atoms with E-state index in [4.69, 9.17) is 0 Å². The van der Waals surface area contributed by atoms with Crippen molar-refractivity contribution in [3.05, 3.63) is 0 Å². The quantitative estimate of drug-likeness (QED) is 0.306. The number of amides is 2. The maximum Gasteiger partial charge on any atom is 0.471 e. The van der Waals surface area contributed by atoms with E-state index in [0.717, 1.165) is 51.6 Å². The largest absolute Gasteiger partial charge is 0.471 e. The molecule has 0 atom stereocenters. The molecule has 0 aliphatic carbocycles. The number of carbonyl (C=O) groups excluding carboxylic acids is 2. The Labute approximate surface area is 154 Å². The van der Waals surface area contributed by atoms with Crippen molar-refractivity contribution in [2.75, 3.05) is 26.2 Å². The first-order chi connectivity index (χ1) is 12.5. The van der Waals surface area contributed by atoms with Gasteiger partial charge in [-0.05, 0) is 38.8 Å². The summed E-state index contributed by atoms with van der Waals surface area (Å²) in [7, 11) is 0. The lowest BCUT2D eigenvalue weighted by molar-refractivity contribution is -0.173. The van der Waals surface area contributed by atoms with Gasteiger partial charge in [0, 0.05) is 13.1 Å². The van der Waals surface area contributed by atoms with Gasteiger partial charge in [0.05, 0.1) is 0 Å². The van der Waals surface area contributed by atoms with Crippen LogP contribution in [-0.2, 0) is 9.59 Å². The summed E-state index contributed by atoms with van der Waals surface area (Å²) in [6, 6.07) is 0. The summed E-state index contributed by atoms with van der Waals surface area (Å²) >= 11 is 0. The van der Waals surface area contributed by atoms with Gasteiger partial charge in [0.25, 0.3) is 0 Å². The highest BCUT2D eigenvalue weighted by Crippen LogP contribution is 2.14. The second-order valence-electron chi connectivity index (χ2n) is 6.09. The third-order valence-corrected chi connectivity index (χ3v) is 3.65. The zero-order valence-electron chi connectivity index (χ0n) is 15.1. The van der Waals surface area contributed by atoms with Crippen LogP contribution in [0.3, 0.4) is 0 Å². The van der Waals surface area contributed by atoms with Gasteiger partial charge in [-0.1, -0.05) is 25.7 Å². The lowest BCUT2D eigenvalue weighted by Gasteiger charge is -2.08. The van der Waals surface area contributed by atoms with Crippen molar-refractivity contribution in [1.82, 2.24) is 16.0 Å². The molecule has 0 aromatic carbocycles. The van der Waals surface area contributed by atoms with Gasteiger partial charge in [0.15, 0.2) is 0 Å². The first-order valence-electron chi connectivity index (χ1n) is 8.96. The summed E-state index contributed by atoms with van der Waals surface area (Å²) in [6.07, 6.45) is -3.80. The van der Waals surface area contributed by atoms with E-state index < -0.39 is 24.2 Å². The molecule has 0 aliphatic rings. The van der Waals surface area contributed by atoms with Crippen LogP contribution in [0.2, 0.25) is 0 Å². The van der Waals surface area contributed by atoms with Crippen molar-refractivity contribution < 1.29 is 35.9 Å². The average molecular weight is 407 g/mol. The van der Waals surface area contributed by atoms with Crippen LogP contribution in [-0.4, -0.2) is 50.3 Å². The summed E-state index contributed by atoms with van der Waals surface area (Å²) in [5, 5.41) is 6.84. The van der Waals surface area contributed by atoms with Crippen LogP contribution in [0.1, 0.15) is 51.4 Å². The van der Waals surface area contributed by atoms with E-state index in [-0.39, 0.29) is 13.1 Å². The molecular formula is C16H27F6N3O2. The summed E-state index contributed by atoms with van der Waals surface area (Å²) in [4.78, 5) is 21.1. The second kappa shape index (κ2) is 13.6. The standard InChI is InChI=1S/C16H27F6N3O2/c17-15(18,19)13(26)24-11-7-3-1-5-9-23-10-6-2-4-8-12-25-14(27)16(20,21)22/h23H,1-12H2,(H,24,26)(H,25,27). The molecule has 27 heavy (non-hydrogen) atoms. The minimum atomic E-state index is -4.83. The van der Waals surface area contributed by atoms with Crippen molar-refractivity contribution in [1.29, 1.82) is 0 Å². The topological polar surface area (TPSA) is 70.2 Å². The fourth-order valence-corrected chi connectivity index (χ4v) is 2.19. The minimum absolute atomic E-state index is 0.00912. The van der Waals surface area contributed by atoms with E-state index in [1.165, 1.54) is 0 Å². The fraction of sp³-hybridized carbons (Fsp3) is 0.875. The summed E-state index contributed by atoms with van der Waals surface area (Å²) in [6.45, 7) is 1.57. The van der Waals surface area contributed by atoms with E-state index in [1.807, 2.05) is 10.6 Å². The van der Waals surface area contributed by atoms with E-state index in [1.54, 1.807) is 0 Å². The highest BCUT2D eigenvalue weighted by molar-refractivity contribution is 5.81. The zero-order chi connectivity index (χ0) is 20.8. The molecule has 5 nitrogen and oxygen atoms in total. The average Bonchev–Trinajstić information content (AvgIpc) is 2.56. The predicted octanol–water partition coefficient (Wildman–Crippen LogP) is 3.05. The van der Waals surface area contributed by atoms with E-state index in [9.17, 15) is 35.9 Å². The van der Waals surface area contributed by atoms with Gasteiger partial charge in [-0.3, -0.25) is 9.59 Å². The highest BCUT2D eigenvalue weighted by Gasteiger charge is 2.38. The SMILES string of the molecule is O=C(NCCCCCCNCCCCCCNC(=O)C(F)(F)F)C(F)(F)F. The Hall–Kier alpha value is -1.52. The van der Waals surface area contributed by atoms with Crippen LogP contribution >= 0.6 is 0 Å². The molecule has 0 aliphatic heterocycles. The molecule has 3 N–H and O–H groups in total. The molecular weight excluding hydrogens is 380 g/mol. The number of hydrogen-bond donors (Lipinski definition) is 3. The molecule has 0 unspecified atom stereocenters. The molecule has 0 spiro atoms. The van der Waals surface area contributed by atoms with E-state index in [2.05, 4.69) is 5.32 Å². The maximum absolute atomic E-state index is 11.9. The fourth-order valence-electron chi connectivity index (χ4n) is 2.19. The van der Waals surface area contributed by atoms with Crippen molar-refractivity contribution in [3.63, 3.8) is 0 Å². The Kier molecular flexibility index (Phi) is 12.9. The lowest BCUT2D eigenvalue weighted by atomic mass is 10.1. The third-order valence-electron chi connectivity index (χ3n) is 3.65. The number of nitrogens with one attached hydrogen (secondary N) is 3. The molecule has 0 bridgehead atoms. The maximum atomic E-state index is 11.9. The van der Waals surface area contributed by atoms with Gasteiger partial charge in [0.1, 0.15) is 0 Å². The Balaban J connectivity index is 3.26. The Morgan fingerprint density at radius 3 is 1.11 bits per heavy atom. The Bertz CT molecular complexity index is 389. The molecule has 2 amide bonds. The number of alkyl halides is 6. The normalized spacial score (nSPS) is 12.1. The number of rotatable bonds is 14. The first kappa shape index (κ1) is 25.5. The number of unbranched alkanes of at least 4 members (excludes halogenated alkanes) is 6. The molecule has 0 saturated heterocycles. The van der Waals surface area contributed by atoms with Crippen LogP contribution in [0.15, 0.2) is 0 Å². The predicted molar refractivity (Wildman–Crippen MR) is 87.9 cm³/mol. The van der Waals surface area contributed by atoms with Crippen molar-refractivity contribution >= 4 is 11.8 Å². The van der Waals surface area contributed by atoms with Gasteiger partial charge in [-0.15, -0.1) is 0 Å². The molecule has 0 aromatic rings. The zero-order valence-corrected chi connectivity index (χ0v) is 15.1. The molecule has 0 saturated carbocycles. The van der Waals surface area contributed by atoms with Gasteiger partial charge < -0.3 is 16.0 Å². The van der Waals surface area contributed by atoms with Crippen LogP contribution in [0, 0.1) is 0 Å². The van der Waals surface area contributed by atoms with Crippen molar-refractivity contribution in [3.8, 4) is 0 Å². The molecule has 0 rings (SSSR count). The second-order valence-corrected chi connectivity index (χ2v) is 6.09. The third kappa shape index (κ3) is 15.3. The van der Waals surface area contributed by atoms with Crippen molar-refractivity contribution in [2.24, 2.45) is 0 Å². The van der Waals surface area contributed by atoms with Crippen LogP contribution in [0.5, 0.6) is 0 Å². The Morgan fingerprint density at radius 1 is 0.519 bits per heavy atom. The Morgan fingerprint density at radius 2 is 0.815 bits per heavy atom.